The molecule has 2 aromatic carbocycles. The summed E-state index contributed by atoms with van der Waals surface area (Å²) in [6.07, 6.45) is 0.702. The number of hydrogen-bond donors (Lipinski definition) is 1. The molecule has 0 unspecified atom stereocenters. The lowest BCUT2D eigenvalue weighted by atomic mass is 9.89. The van der Waals surface area contributed by atoms with Crippen LogP contribution in [0, 0.1) is 18.8 Å². The van der Waals surface area contributed by atoms with E-state index in [1.807, 2.05) is 0 Å². The van der Waals surface area contributed by atoms with Crippen LogP contribution < -0.4 is 5.32 Å². The molecule has 2 aliphatic rings. The van der Waals surface area contributed by atoms with E-state index in [1.165, 1.54) is 22.3 Å². The van der Waals surface area contributed by atoms with Crippen LogP contribution in [0.5, 0.6) is 0 Å². The highest BCUT2D eigenvalue weighted by Crippen LogP contribution is 2.30. The molecule has 2 saturated heterocycles. The van der Waals surface area contributed by atoms with Crippen molar-refractivity contribution in [3.63, 3.8) is 0 Å². The highest BCUT2D eigenvalue weighted by molar-refractivity contribution is 5.77. The second-order valence-corrected chi connectivity index (χ2v) is 7.23. The smallest absolute Gasteiger partial charge is 0.220 e. The highest BCUT2D eigenvalue weighted by atomic mass is 16.1. The predicted octanol–water partition coefficient (Wildman–Crippen LogP) is 3.23. The average Bonchev–Trinajstić information content (AvgIpc) is 2.97. The Labute approximate surface area is 143 Å². The summed E-state index contributed by atoms with van der Waals surface area (Å²) >= 11 is 0. The van der Waals surface area contributed by atoms with Crippen LogP contribution in [-0.2, 0) is 11.3 Å². The first-order valence-corrected chi connectivity index (χ1v) is 8.83. The molecule has 2 fully saturated rings. The van der Waals surface area contributed by atoms with Crippen molar-refractivity contribution in [2.75, 3.05) is 19.6 Å². The van der Waals surface area contributed by atoms with E-state index in [1.54, 1.807) is 0 Å². The van der Waals surface area contributed by atoms with Gasteiger partial charge in [0.15, 0.2) is 0 Å². The first kappa shape index (κ1) is 15.4. The zero-order valence-corrected chi connectivity index (χ0v) is 14.2. The number of aryl methyl sites for hydroxylation is 1. The number of carbonyl (C=O) groups excluding carboxylic acids is 1. The van der Waals surface area contributed by atoms with Gasteiger partial charge in [-0.3, -0.25) is 9.69 Å². The Balaban J connectivity index is 1.43. The maximum absolute atomic E-state index is 11.5. The quantitative estimate of drug-likeness (QED) is 0.942. The summed E-state index contributed by atoms with van der Waals surface area (Å²) in [4.78, 5) is 14.0. The maximum Gasteiger partial charge on any atom is 0.220 e. The van der Waals surface area contributed by atoms with Crippen molar-refractivity contribution in [2.45, 2.75) is 19.9 Å². The third-order valence-electron chi connectivity index (χ3n) is 5.48. The Morgan fingerprint density at radius 2 is 1.79 bits per heavy atom. The lowest BCUT2D eigenvalue weighted by molar-refractivity contribution is -0.124. The van der Waals surface area contributed by atoms with Crippen molar-refractivity contribution in [3.05, 3.63) is 59.7 Å². The second-order valence-electron chi connectivity index (χ2n) is 7.23. The van der Waals surface area contributed by atoms with Gasteiger partial charge in [0.05, 0.1) is 0 Å². The van der Waals surface area contributed by atoms with Gasteiger partial charge in [0.2, 0.25) is 5.91 Å². The molecule has 0 bridgehead atoms. The fourth-order valence-electron chi connectivity index (χ4n) is 4.13. The van der Waals surface area contributed by atoms with Gasteiger partial charge in [-0.05, 0) is 41.0 Å². The van der Waals surface area contributed by atoms with Crippen LogP contribution in [0.1, 0.15) is 17.5 Å². The molecule has 24 heavy (non-hydrogen) atoms. The van der Waals surface area contributed by atoms with Gasteiger partial charge < -0.3 is 5.32 Å². The number of fused-ring (bicyclic) bond motifs is 1. The number of nitrogens with one attached hydrogen (secondary N) is 1. The predicted molar refractivity (Wildman–Crippen MR) is 96.5 cm³/mol. The molecule has 2 aromatic rings. The van der Waals surface area contributed by atoms with Crippen LogP contribution in [0.25, 0.3) is 11.1 Å². The molecule has 4 rings (SSSR count). The summed E-state index contributed by atoms with van der Waals surface area (Å²) in [5.41, 5.74) is 5.25. The molecule has 3 heteroatoms. The zero-order valence-electron chi connectivity index (χ0n) is 14.2. The van der Waals surface area contributed by atoms with Crippen molar-refractivity contribution in [1.82, 2.24) is 10.2 Å². The number of benzene rings is 2. The van der Waals surface area contributed by atoms with E-state index < -0.39 is 0 Å². The van der Waals surface area contributed by atoms with E-state index in [2.05, 4.69) is 65.7 Å². The minimum atomic E-state index is 0.223. The van der Waals surface area contributed by atoms with Crippen molar-refractivity contribution in [1.29, 1.82) is 0 Å². The number of hydrogen-bond acceptors (Lipinski definition) is 2. The summed E-state index contributed by atoms with van der Waals surface area (Å²) in [6.45, 7) is 6.15. The van der Waals surface area contributed by atoms with Gasteiger partial charge in [0.25, 0.3) is 0 Å². The number of likely N-dealkylation sites (tertiary alicyclic amines) is 1. The van der Waals surface area contributed by atoms with Crippen molar-refractivity contribution in [2.24, 2.45) is 11.8 Å². The van der Waals surface area contributed by atoms with E-state index in [0.29, 0.717) is 18.3 Å². The first-order valence-electron chi connectivity index (χ1n) is 8.83. The van der Waals surface area contributed by atoms with Crippen molar-refractivity contribution < 1.29 is 4.79 Å². The molecule has 2 aliphatic heterocycles. The van der Waals surface area contributed by atoms with E-state index in [0.717, 1.165) is 26.2 Å². The molecular formula is C21H24N2O. The summed E-state index contributed by atoms with van der Waals surface area (Å²) < 4.78 is 0. The minimum absolute atomic E-state index is 0.223. The van der Waals surface area contributed by atoms with Crippen molar-refractivity contribution >= 4 is 5.91 Å². The molecule has 0 radical (unpaired) electrons. The summed E-state index contributed by atoms with van der Waals surface area (Å²) in [5.74, 6) is 1.40. The van der Waals surface area contributed by atoms with Gasteiger partial charge in [-0.2, -0.15) is 0 Å². The Kier molecular flexibility index (Phi) is 4.11. The summed E-state index contributed by atoms with van der Waals surface area (Å²) in [6, 6.07) is 17.5. The third kappa shape index (κ3) is 3.09. The minimum Gasteiger partial charge on any atom is -0.356 e. The van der Waals surface area contributed by atoms with Crippen LogP contribution in [0.4, 0.5) is 0 Å². The largest absolute Gasteiger partial charge is 0.356 e. The number of rotatable bonds is 3. The van der Waals surface area contributed by atoms with Crippen molar-refractivity contribution in [3.8, 4) is 11.1 Å². The number of nitrogens with zero attached hydrogens (tertiary/aromatic N) is 1. The van der Waals surface area contributed by atoms with Gasteiger partial charge in [-0.25, -0.2) is 0 Å². The summed E-state index contributed by atoms with van der Waals surface area (Å²) in [5, 5.41) is 3.00. The Hall–Kier alpha value is -2.13. The molecule has 0 spiro atoms. The first-order chi connectivity index (χ1) is 11.7. The molecule has 1 N–H and O–H groups in total. The number of carbonyl (C=O) groups is 1. The van der Waals surface area contributed by atoms with Gasteiger partial charge in [0, 0.05) is 32.6 Å². The molecule has 2 atom stereocenters. The zero-order chi connectivity index (χ0) is 16.5. The van der Waals surface area contributed by atoms with Crippen LogP contribution in [0.3, 0.4) is 0 Å². The van der Waals surface area contributed by atoms with Gasteiger partial charge in [0.1, 0.15) is 0 Å². The summed E-state index contributed by atoms with van der Waals surface area (Å²) in [7, 11) is 0. The fourth-order valence-corrected chi connectivity index (χ4v) is 4.13. The third-order valence-corrected chi connectivity index (χ3v) is 5.48. The normalized spacial score (nSPS) is 23.8. The molecule has 3 nitrogen and oxygen atoms in total. The lowest BCUT2D eigenvalue weighted by Gasteiger charge is -2.23. The second kappa shape index (κ2) is 6.40. The number of amides is 1. The molecule has 0 aliphatic carbocycles. The van der Waals surface area contributed by atoms with E-state index >= 15 is 0 Å². The SMILES string of the molecule is Cc1ccccc1-c1ccc(CN2C[C@H]3CC(=O)NC[C@H]3C2)cc1. The van der Waals surface area contributed by atoms with Crippen LogP contribution in [-0.4, -0.2) is 30.4 Å². The van der Waals surface area contributed by atoms with Gasteiger partial charge in [-0.1, -0.05) is 48.5 Å². The van der Waals surface area contributed by atoms with Gasteiger partial charge in [-0.15, -0.1) is 0 Å². The molecule has 0 saturated carbocycles. The van der Waals surface area contributed by atoms with E-state index in [4.69, 9.17) is 0 Å². The van der Waals surface area contributed by atoms with Gasteiger partial charge >= 0.3 is 0 Å². The standard InChI is InChI=1S/C21H24N2O/c1-15-4-2-3-5-20(15)17-8-6-16(7-9-17)12-23-13-18-10-21(24)22-11-19(18)14-23/h2-9,18-19H,10-14H2,1H3,(H,22,24)/t18-,19+/m1/s1. The van der Waals surface area contributed by atoms with Crippen LogP contribution in [0.15, 0.2) is 48.5 Å². The average molecular weight is 320 g/mol. The maximum atomic E-state index is 11.5. The molecule has 1 amide bonds. The Morgan fingerprint density at radius 3 is 2.58 bits per heavy atom. The van der Waals surface area contributed by atoms with Crippen LogP contribution in [0.2, 0.25) is 0 Å². The molecule has 2 heterocycles. The molecular weight excluding hydrogens is 296 g/mol. The van der Waals surface area contributed by atoms with Crippen LogP contribution >= 0.6 is 0 Å². The highest BCUT2D eigenvalue weighted by Gasteiger charge is 2.36. The molecule has 0 aromatic heterocycles. The Bertz CT molecular complexity index is 738. The topological polar surface area (TPSA) is 32.3 Å². The van der Waals surface area contributed by atoms with E-state index in [-0.39, 0.29) is 5.91 Å². The van der Waals surface area contributed by atoms with E-state index in [9.17, 15) is 4.79 Å². The fraction of sp³-hybridized carbons (Fsp3) is 0.381. The monoisotopic (exact) mass is 320 g/mol. The number of piperidine rings is 1. The lowest BCUT2D eigenvalue weighted by Crippen LogP contribution is -2.39. The Morgan fingerprint density at radius 1 is 1.04 bits per heavy atom. The molecule has 124 valence electrons.